The minimum absolute atomic E-state index is 0.110. The summed E-state index contributed by atoms with van der Waals surface area (Å²) in [5.41, 5.74) is 0.798. The zero-order valence-electron chi connectivity index (χ0n) is 8.24. The molecule has 2 N–H and O–H groups in total. The van der Waals surface area contributed by atoms with Crippen LogP contribution in [0.2, 0.25) is 0 Å². The molecular formula is C10H19NO2. The van der Waals surface area contributed by atoms with Crippen molar-refractivity contribution >= 4 is 5.71 Å². The van der Waals surface area contributed by atoms with Gasteiger partial charge in [-0.05, 0) is 25.7 Å². The maximum absolute atomic E-state index is 9.71. The van der Waals surface area contributed by atoms with E-state index in [-0.39, 0.29) is 12.0 Å². The minimum atomic E-state index is -0.286. The van der Waals surface area contributed by atoms with Gasteiger partial charge < -0.3 is 10.3 Å². The second-order valence-corrected chi connectivity index (χ2v) is 3.80. The van der Waals surface area contributed by atoms with Crippen molar-refractivity contribution in [2.75, 3.05) is 0 Å². The van der Waals surface area contributed by atoms with E-state index < -0.39 is 0 Å². The van der Waals surface area contributed by atoms with E-state index in [0.29, 0.717) is 0 Å². The van der Waals surface area contributed by atoms with Gasteiger partial charge in [-0.15, -0.1) is 0 Å². The third kappa shape index (κ3) is 2.69. The highest BCUT2D eigenvalue weighted by Gasteiger charge is 2.28. The highest BCUT2D eigenvalue weighted by atomic mass is 16.4. The molecule has 0 spiro atoms. The average molecular weight is 185 g/mol. The van der Waals surface area contributed by atoms with Crippen molar-refractivity contribution in [3.8, 4) is 0 Å². The quantitative estimate of drug-likeness (QED) is 0.523. The first kappa shape index (κ1) is 10.5. The Balaban J connectivity index is 2.52. The Bertz CT molecular complexity index is 180. The Morgan fingerprint density at radius 3 is 2.92 bits per heavy atom. The molecule has 0 saturated heterocycles. The lowest BCUT2D eigenvalue weighted by atomic mass is 9.81. The summed E-state index contributed by atoms with van der Waals surface area (Å²) >= 11 is 0. The number of unbranched alkanes of at least 4 members (excludes halogenated alkanes) is 1. The smallest absolute Gasteiger partial charge is 0.0627 e. The van der Waals surface area contributed by atoms with Crippen molar-refractivity contribution in [3.05, 3.63) is 0 Å². The Hall–Kier alpha value is -0.570. The summed E-state index contributed by atoms with van der Waals surface area (Å²) in [4.78, 5) is 0. The van der Waals surface area contributed by atoms with Crippen LogP contribution in [0.1, 0.15) is 45.4 Å². The molecular weight excluding hydrogens is 166 g/mol. The fraction of sp³-hybridized carbons (Fsp3) is 0.900. The first-order chi connectivity index (χ1) is 6.29. The SMILES string of the molecule is CCCCC1/C(=N\O)CCCC1O. The first-order valence-corrected chi connectivity index (χ1v) is 5.18. The van der Waals surface area contributed by atoms with E-state index >= 15 is 0 Å². The van der Waals surface area contributed by atoms with Crippen LogP contribution in [0.4, 0.5) is 0 Å². The zero-order chi connectivity index (χ0) is 9.68. The Morgan fingerprint density at radius 2 is 2.31 bits per heavy atom. The molecule has 3 heteroatoms. The number of rotatable bonds is 3. The molecule has 0 amide bonds. The van der Waals surface area contributed by atoms with Gasteiger partial charge in [-0.25, -0.2) is 0 Å². The monoisotopic (exact) mass is 185 g/mol. The fourth-order valence-corrected chi connectivity index (χ4v) is 2.01. The highest BCUT2D eigenvalue weighted by molar-refractivity contribution is 5.87. The first-order valence-electron chi connectivity index (χ1n) is 5.18. The van der Waals surface area contributed by atoms with Gasteiger partial charge in [0.05, 0.1) is 11.8 Å². The lowest BCUT2D eigenvalue weighted by Crippen LogP contribution is -2.32. The Labute approximate surface area is 79.5 Å². The summed E-state index contributed by atoms with van der Waals surface area (Å²) in [6, 6.07) is 0. The van der Waals surface area contributed by atoms with E-state index in [2.05, 4.69) is 12.1 Å². The number of aliphatic hydroxyl groups excluding tert-OH is 1. The molecule has 1 aliphatic carbocycles. The standard InChI is InChI=1S/C10H19NO2/c1-2-3-5-8-9(11-13)6-4-7-10(8)12/h8,10,12-13H,2-7H2,1H3/b11-9-. The van der Waals surface area contributed by atoms with Gasteiger partial charge in [-0.2, -0.15) is 0 Å². The summed E-state index contributed by atoms with van der Waals surface area (Å²) < 4.78 is 0. The van der Waals surface area contributed by atoms with Crippen LogP contribution in [0.5, 0.6) is 0 Å². The van der Waals surface area contributed by atoms with Crippen LogP contribution in [0.25, 0.3) is 0 Å². The van der Waals surface area contributed by atoms with Crippen LogP contribution in [0.15, 0.2) is 5.16 Å². The lowest BCUT2D eigenvalue weighted by molar-refractivity contribution is 0.109. The van der Waals surface area contributed by atoms with Gasteiger partial charge >= 0.3 is 0 Å². The molecule has 1 saturated carbocycles. The summed E-state index contributed by atoms with van der Waals surface area (Å²) in [7, 11) is 0. The molecule has 0 radical (unpaired) electrons. The molecule has 13 heavy (non-hydrogen) atoms. The second-order valence-electron chi connectivity index (χ2n) is 3.80. The van der Waals surface area contributed by atoms with Gasteiger partial charge in [0, 0.05) is 5.92 Å². The van der Waals surface area contributed by atoms with Crippen LogP contribution in [-0.4, -0.2) is 22.1 Å². The van der Waals surface area contributed by atoms with Crippen LogP contribution in [-0.2, 0) is 0 Å². The minimum Gasteiger partial charge on any atom is -0.411 e. The molecule has 0 aromatic rings. The van der Waals surface area contributed by atoms with Gasteiger partial charge in [-0.1, -0.05) is 24.9 Å². The van der Waals surface area contributed by atoms with Crippen LogP contribution in [0, 0.1) is 5.92 Å². The second kappa shape index (κ2) is 5.22. The predicted molar refractivity (Wildman–Crippen MR) is 52.1 cm³/mol. The molecule has 0 aromatic carbocycles. The van der Waals surface area contributed by atoms with Crippen molar-refractivity contribution in [2.45, 2.75) is 51.6 Å². The molecule has 1 aliphatic rings. The maximum Gasteiger partial charge on any atom is 0.0627 e. The van der Waals surface area contributed by atoms with Gasteiger partial charge in [0.1, 0.15) is 0 Å². The zero-order valence-corrected chi connectivity index (χ0v) is 8.24. The molecule has 2 atom stereocenters. The third-order valence-electron chi connectivity index (χ3n) is 2.82. The number of hydrogen-bond donors (Lipinski definition) is 2. The highest BCUT2D eigenvalue weighted by Crippen LogP contribution is 2.26. The summed E-state index contributed by atoms with van der Waals surface area (Å²) in [5.74, 6) is 0.110. The van der Waals surface area contributed by atoms with Gasteiger partial charge in [0.15, 0.2) is 0 Å². The third-order valence-corrected chi connectivity index (χ3v) is 2.82. The Kier molecular flexibility index (Phi) is 4.22. The largest absolute Gasteiger partial charge is 0.411 e. The van der Waals surface area contributed by atoms with Crippen molar-refractivity contribution in [2.24, 2.45) is 11.1 Å². The molecule has 0 aliphatic heterocycles. The van der Waals surface area contributed by atoms with E-state index in [1.54, 1.807) is 0 Å². The molecule has 0 heterocycles. The molecule has 76 valence electrons. The van der Waals surface area contributed by atoms with E-state index in [9.17, 15) is 5.11 Å². The van der Waals surface area contributed by atoms with Gasteiger partial charge in [0.2, 0.25) is 0 Å². The predicted octanol–water partition coefficient (Wildman–Crippen LogP) is 2.17. The van der Waals surface area contributed by atoms with E-state index in [4.69, 9.17) is 5.21 Å². The number of nitrogens with zero attached hydrogens (tertiary/aromatic N) is 1. The fourth-order valence-electron chi connectivity index (χ4n) is 2.01. The molecule has 1 rings (SSSR count). The normalized spacial score (nSPS) is 32.3. The summed E-state index contributed by atoms with van der Waals surface area (Å²) in [6.45, 7) is 2.13. The number of oxime groups is 1. The van der Waals surface area contributed by atoms with Crippen molar-refractivity contribution in [1.29, 1.82) is 0 Å². The van der Waals surface area contributed by atoms with Crippen LogP contribution >= 0.6 is 0 Å². The number of hydrogen-bond acceptors (Lipinski definition) is 3. The van der Waals surface area contributed by atoms with E-state index in [0.717, 1.165) is 44.2 Å². The lowest BCUT2D eigenvalue weighted by Gasteiger charge is -2.28. The van der Waals surface area contributed by atoms with E-state index in [1.807, 2.05) is 0 Å². The molecule has 0 bridgehead atoms. The van der Waals surface area contributed by atoms with Crippen molar-refractivity contribution in [3.63, 3.8) is 0 Å². The maximum atomic E-state index is 9.71. The summed E-state index contributed by atoms with van der Waals surface area (Å²) in [5, 5.41) is 21.7. The average Bonchev–Trinajstić information content (AvgIpc) is 2.15. The molecule has 3 nitrogen and oxygen atoms in total. The van der Waals surface area contributed by atoms with E-state index in [1.165, 1.54) is 0 Å². The van der Waals surface area contributed by atoms with Crippen molar-refractivity contribution < 1.29 is 10.3 Å². The Morgan fingerprint density at radius 1 is 1.54 bits per heavy atom. The molecule has 0 aromatic heterocycles. The van der Waals surface area contributed by atoms with Crippen molar-refractivity contribution in [1.82, 2.24) is 0 Å². The molecule has 1 fully saturated rings. The molecule has 2 unspecified atom stereocenters. The number of aliphatic hydroxyl groups is 1. The summed E-state index contributed by atoms with van der Waals surface area (Å²) in [6.07, 6.45) is 5.55. The van der Waals surface area contributed by atoms with Gasteiger partial charge in [-0.3, -0.25) is 0 Å². The van der Waals surface area contributed by atoms with Crippen LogP contribution in [0.3, 0.4) is 0 Å². The van der Waals surface area contributed by atoms with Crippen LogP contribution < -0.4 is 0 Å². The topological polar surface area (TPSA) is 52.8 Å². The van der Waals surface area contributed by atoms with Gasteiger partial charge in [0.25, 0.3) is 0 Å².